The first-order chi connectivity index (χ1) is 10.9. The van der Waals surface area contributed by atoms with E-state index >= 15 is 0 Å². The molecule has 5 nitrogen and oxygen atoms in total. The van der Waals surface area contributed by atoms with Gasteiger partial charge in [0.2, 0.25) is 0 Å². The van der Waals surface area contributed by atoms with Crippen LogP contribution in [-0.4, -0.2) is 28.7 Å². The summed E-state index contributed by atoms with van der Waals surface area (Å²) in [5.74, 6) is 0.725. The monoisotopic (exact) mass is 315 g/mol. The van der Waals surface area contributed by atoms with Crippen molar-refractivity contribution in [1.82, 2.24) is 15.4 Å². The molecule has 0 radical (unpaired) electrons. The molecule has 1 heterocycles. The van der Waals surface area contributed by atoms with Crippen LogP contribution in [0.3, 0.4) is 0 Å². The number of nitrogens with one attached hydrogen (secondary N) is 1. The third-order valence-electron chi connectivity index (χ3n) is 3.78. The van der Waals surface area contributed by atoms with Gasteiger partial charge in [0.25, 0.3) is 0 Å². The minimum Gasteiger partial charge on any atom is -0.356 e. The molecule has 2 aromatic rings. The van der Waals surface area contributed by atoms with Crippen LogP contribution in [0.25, 0.3) is 11.3 Å². The standard InChI is InChI=1S/C18H25N3O2/c1-6-21(18(22)19-12(2)3)11-16-10-17(23-20-16)15-8-7-13(4)14(5)9-15/h7-10,12H,6,11H2,1-5H3,(H,19,22). The Morgan fingerprint density at radius 3 is 2.61 bits per heavy atom. The number of nitrogens with zero attached hydrogens (tertiary/aromatic N) is 2. The van der Waals surface area contributed by atoms with Crippen molar-refractivity contribution in [2.75, 3.05) is 6.54 Å². The van der Waals surface area contributed by atoms with Crippen molar-refractivity contribution in [3.05, 3.63) is 41.1 Å². The Morgan fingerprint density at radius 1 is 1.26 bits per heavy atom. The van der Waals surface area contributed by atoms with Crippen LogP contribution in [0, 0.1) is 13.8 Å². The van der Waals surface area contributed by atoms with E-state index in [0.717, 1.165) is 17.0 Å². The zero-order valence-corrected chi connectivity index (χ0v) is 14.5. The zero-order valence-electron chi connectivity index (χ0n) is 14.5. The Balaban J connectivity index is 2.12. The van der Waals surface area contributed by atoms with Gasteiger partial charge in [0.1, 0.15) is 5.69 Å². The molecule has 5 heteroatoms. The molecule has 1 aromatic carbocycles. The number of aromatic nitrogens is 1. The van der Waals surface area contributed by atoms with Crippen LogP contribution in [0.1, 0.15) is 37.6 Å². The third-order valence-corrected chi connectivity index (χ3v) is 3.78. The first kappa shape index (κ1) is 17.1. The number of hydrogen-bond donors (Lipinski definition) is 1. The Morgan fingerprint density at radius 2 is 2.00 bits per heavy atom. The quantitative estimate of drug-likeness (QED) is 0.910. The third kappa shape index (κ3) is 4.34. The van der Waals surface area contributed by atoms with Crippen molar-refractivity contribution in [2.45, 2.75) is 47.2 Å². The van der Waals surface area contributed by atoms with Crippen molar-refractivity contribution < 1.29 is 9.32 Å². The van der Waals surface area contributed by atoms with Gasteiger partial charge in [0.05, 0.1) is 6.54 Å². The molecule has 0 aliphatic heterocycles. The summed E-state index contributed by atoms with van der Waals surface area (Å²) in [5.41, 5.74) is 4.21. The van der Waals surface area contributed by atoms with Crippen LogP contribution < -0.4 is 5.32 Å². The molecule has 0 spiro atoms. The van der Waals surface area contributed by atoms with Gasteiger partial charge in [-0.25, -0.2) is 4.79 Å². The van der Waals surface area contributed by atoms with Crippen molar-refractivity contribution in [2.24, 2.45) is 0 Å². The highest BCUT2D eigenvalue weighted by molar-refractivity contribution is 5.74. The number of carbonyl (C=O) groups excluding carboxylic acids is 1. The minimum atomic E-state index is -0.0850. The Labute approximate surface area is 137 Å². The van der Waals surface area contributed by atoms with Gasteiger partial charge in [-0.3, -0.25) is 0 Å². The van der Waals surface area contributed by atoms with Gasteiger partial charge in [-0.1, -0.05) is 17.3 Å². The number of hydrogen-bond acceptors (Lipinski definition) is 3. The summed E-state index contributed by atoms with van der Waals surface area (Å²) >= 11 is 0. The summed E-state index contributed by atoms with van der Waals surface area (Å²) in [6.07, 6.45) is 0. The van der Waals surface area contributed by atoms with Gasteiger partial charge < -0.3 is 14.7 Å². The topological polar surface area (TPSA) is 58.4 Å². The van der Waals surface area contributed by atoms with E-state index < -0.39 is 0 Å². The van der Waals surface area contributed by atoms with Crippen LogP contribution in [-0.2, 0) is 6.54 Å². The Hall–Kier alpha value is -2.30. The molecule has 1 aromatic heterocycles. The average Bonchev–Trinajstić information content (AvgIpc) is 2.95. The molecule has 2 rings (SSSR count). The van der Waals surface area contributed by atoms with Gasteiger partial charge in [0, 0.05) is 24.2 Å². The molecule has 0 unspecified atom stereocenters. The molecule has 0 aliphatic carbocycles. The number of urea groups is 1. The summed E-state index contributed by atoms with van der Waals surface area (Å²) < 4.78 is 5.44. The summed E-state index contributed by atoms with van der Waals surface area (Å²) in [4.78, 5) is 13.8. The molecular formula is C18H25N3O2. The lowest BCUT2D eigenvalue weighted by atomic mass is 10.0. The van der Waals surface area contributed by atoms with E-state index in [1.807, 2.05) is 32.9 Å². The van der Waals surface area contributed by atoms with E-state index in [1.165, 1.54) is 11.1 Å². The van der Waals surface area contributed by atoms with E-state index in [9.17, 15) is 4.79 Å². The van der Waals surface area contributed by atoms with Crippen LogP contribution >= 0.6 is 0 Å². The van der Waals surface area contributed by atoms with Crippen LogP contribution in [0.2, 0.25) is 0 Å². The lowest BCUT2D eigenvalue weighted by Gasteiger charge is -2.21. The predicted octanol–water partition coefficient (Wildman–Crippen LogP) is 3.90. The molecule has 0 bridgehead atoms. The van der Waals surface area contributed by atoms with E-state index in [2.05, 4.69) is 36.5 Å². The van der Waals surface area contributed by atoms with Crippen LogP contribution in [0.15, 0.2) is 28.8 Å². The summed E-state index contributed by atoms with van der Waals surface area (Å²) in [6, 6.07) is 8.10. The van der Waals surface area contributed by atoms with E-state index in [-0.39, 0.29) is 12.1 Å². The molecule has 0 saturated carbocycles. The fourth-order valence-corrected chi connectivity index (χ4v) is 2.28. The molecule has 0 saturated heterocycles. The van der Waals surface area contributed by atoms with Crippen molar-refractivity contribution in [3.8, 4) is 11.3 Å². The predicted molar refractivity (Wildman–Crippen MR) is 91.2 cm³/mol. The van der Waals surface area contributed by atoms with Crippen molar-refractivity contribution >= 4 is 6.03 Å². The van der Waals surface area contributed by atoms with Crippen LogP contribution in [0.4, 0.5) is 4.79 Å². The van der Waals surface area contributed by atoms with E-state index in [1.54, 1.807) is 4.90 Å². The summed E-state index contributed by atoms with van der Waals surface area (Å²) in [7, 11) is 0. The SMILES string of the molecule is CCN(Cc1cc(-c2ccc(C)c(C)c2)on1)C(=O)NC(C)C. The van der Waals surface area contributed by atoms with Gasteiger partial charge in [-0.15, -0.1) is 0 Å². The molecule has 0 aliphatic rings. The average molecular weight is 315 g/mol. The van der Waals surface area contributed by atoms with Crippen molar-refractivity contribution in [1.29, 1.82) is 0 Å². The minimum absolute atomic E-state index is 0.0850. The second-order valence-electron chi connectivity index (χ2n) is 6.10. The second-order valence-corrected chi connectivity index (χ2v) is 6.10. The molecule has 124 valence electrons. The van der Waals surface area contributed by atoms with Crippen molar-refractivity contribution in [3.63, 3.8) is 0 Å². The van der Waals surface area contributed by atoms with Crippen LogP contribution in [0.5, 0.6) is 0 Å². The van der Waals surface area contributed by atoms with Gasteiger partial charge in [-0.05, 0) is 51.8 Å². The lowest BCUT2D eigenvalue weighted by Crippen LogP contribution is -2.42. The molecule has 2 amide bonds. The number of aryl methyl sites for hydroxylation is 2. The highest BCUT2D eigenvalue weighted by atomic mass is 16.5. The molecule has 0 fully saturated rings. The van der Waals surface area contributed by atoms with E-state index in [0.29, 0.717) is 13.1 Å². The molecule has 1 N–H and O–H groups in total. The van der Waals surface area contributed by atoms with Gasteiger partial charge in [0.15, 0.2) is 5.76 Å². The molecule has 0 atom stereocenters. The normalized spacial score (nSPS) is 10.9. The maximum Gasteiger partial charge on any atom is 0.317 e. The highest BCUT2D eigenvalue weighted by Gasteiger charge is 2.16. The maximum absolute atomic E-state index is 12.1. The maximum atomic E-state index is 12.1. The fourth-order valence-electron chi connectivity index (χ4n) is 2.28. The first-order valence-electron chi connectivity index (χ1n) is 7.99. The highest BCUT2D eigenvalue weighted by Crippen LogP contribution is 2.23. The van der Waals surface area contributed by atoms with E-state index in [4.69, 9.17) is 4.52 Å². The first-order valence-corrected chi connectivity index (χ1v) is 7.99. The zero-order chi connectivity index (χ0) is 17.0. The molecular weight excluding hydrogens is 290 g/mol. The van der Waals surface area contributed by atoms with Gasteiger partial charge in [-0.2, -0.15) is 0 Å². The number of amides is 2. The molecule has 23 heavy (non-hydrogen) atoms. The number of carbonyl (C=O) groups is 1. The Bertz CT molecular complexity index is 677. The van der Waals surface area contributed by atoms with Gasteiger partial charge >= 0.3 is 6.03 Å². The largest absolute Gasteiger partial charge is 0.356 e. The smallest absolute Gasteiger partial charge is 0.317 e. The summed E-state index contributed by atoms with van der Waals surface area (Å²) in [6.45, 7) is 11.0. The lowest BCUT2D eigenvalue weighted by molar-refractivity contribution is 0.194. The second kappa shape index (κ2) is 7.31. The summed E-state index contributed by atoms with van der Waals surface area (Å²) in [5, 5.41) is 6.99. The number of benzene rings is 1. The Kier molecular flexibility index (Phi) is 5.42. The number of rotatable bonds is 5. The fraction of sp³-hybridized carbons (Fsp3) is 0.444.